The van der Waals surface area contributed by atoms with Crippen molar-refractivity contribution >= 4 is 10.1 Å². The molecule has 0 unspecified atom stereocenters. The third-order valence-corrected chi connectivity index (χ3v) is 11.6. The zero-order valence-electron chi connectivity index (χ0n) is 33.8. The summed E-state index contributed by atoms with van der Waals surface area (Å²) in [6.07, 6.45) is 0.687. The number of β-amino-alcohol motifs (C(OH)–C–C–N with tert-alkyl or cyclic N) is 1. The number of rotatable bonds is 12. The van der Waals surface area contributed by atoms with Gasteiger partial charge < -0.3 is 5.11 Å². The van der Waals surface area contributed by atoms with Crippen LogP contribution in [-0.4, -0.2) is 92.0 Å². The number of nitrogens with zero attached hydrogens (tertiary/aromatic N) is 6. The maximum atomic E-state index is 11.2. The average Bonchev–Trinajstić information content (AvgIpc) is 3.24. The number of likely N-dealkylation sites (tertiary alicyclic amines) is 3. The van der Waals surface area contributed by atoms with Gasteiger partial charge >= 0.3 is 0 Å². The Balaban J connectivity index is 0.000000137. The molecule has 9 rings (SSSR count). The Labute approximate surface area is 354 Å². The van der Waals surface area contributed by atoms with Gasteiger partial charge in [0.2, 0.25) is 0 Å². The van der Waals surface area contributed by atoms with Gasteiger partial charge in [0, 0.05) is 44.2 Å². The highest BCUT2D eigenvalue weighted by Gasteiger charge is 2.37. The van der Waals surface area contributed by atoms with Crippen molar-refractivity contribution in [3.8, 4) is 0 Å². The molecule has 0 atom stereocenters. The van der Waals surface area contributed by atoms with Gasteiger partial charge in [-0.25, -0.2) is 0 Å². The minimum atomic E-state index is -3.39. The Morgan fingerprint density at radius 3 is 1.03 bits per heavy atom. The highest BCUT2D eigenvalue weighted by atomic mass is 32.2. The summed E-state index contributed by atoms with van der Waals surface area (Å²) in [5.41, 5.74) is 16.0. The van der Waals surface area contributed by atoms with Gasteiger partial charge in [-0.15, -0.1) is 0 Å². The van der Waals surface area contributed by atoms with Crippen LogP contribution >= 0.6 is 0 Å². The van der Waals surface area contributed by atoms with Gasteiger partial charge in [0.15, 0.2) is 0 Å². The number of benzene rings is 6. The lowest BCUT2D eigenvalue weighted by Crippen LogP contribution is -2.54. The van der Waals surface area contributed by atoms with Crippen LogP contribution in [0.15, 0.2) is 187 Å². The van der Waals surface area contributed by atoms with E-state index in [4.69, 9.17) is 9.71 Å². The molecule has 3 aliphatic heterocycles. The normalized spacial score (nSPS) is 16.4. The van der Waals surface area contributed by atoms with E-state index in [2.05, 4.69) is 146 Å². The van der Waals surface area contributed by atoms with Gasteiger partial charge in [0.1, 0.15) is 6.10 Å². The highest BCUT2D eigenvalue weighted by Crippen LogP contribution is 2.35. The van der Waals surface area contributed by atoms with E-state index in [1.165, 1.54) is 33.4 Å². The number of aliphatic hydroxyl groups excluding tert-OH is 1. The SMILES string of the molecule is CS(=O)(=O)OC1CN(C(c2ccccc2)c2ccccc2)C1.OC1CN(C(c2ccccc2)c2ccccc2)C1.[N-]=[N+]=NC1CN(C(c2ccccc2)c2ccccc2)C1. The summed E-state index contributed by atoms with van der Waals surface area (Å²) >= 11 is 0. The van der Waals surface area contributed by atoms with E-state index < -0.39 is 10.1 Å². The number of hydrogen-bond donors (Lipinski definition) is 1. The van der Waals surface area contributed by atoms with Crippen molar-refractivity contribution in [1.82, 2.24) is 14.7 Å². The molecule has 10 nitrogen and oxygen atoms in total. The van der Waals surface area contributed by atoms with Crippen LogP contribution in [0.25, 0.3) is 10.4 Å². The second-order valence-electron chi connectivity index (χ2n) is 15.5. The molecule has 0 bridgehead atoms. The summed E-state index contributed by atoms with van der Waals surface area (Å²) in [6.45, 7) is 4.38. The summed E-state index contributed by atoms with van der Waals surface area (Å²) in [7, 11) is -3.39. The molecule has 3 heterocycles. The molecule has 0 amide bonds. The van der Waals surface area contributed by atoms with Crippen molar-refractivity contribution in [3.63, 3.8) is 0 Å². The molecule has 60 heavy (non-hydrogen) atoms. The van der Waals surface area contributed by atoms with Gasteiger partial charge in [-0.05, 0) is 38.9 Å². The zero-order valence-corrected chi connectivity index (χ0v) is 34.6. The second-order valence-corrected chi connectivity index (χ2v) is 17.1. The van der Waals surface area contributed by atoms with E-state index in [1.54, 1.807) is 0 Å². The molecule has 3 fully saturated rings. The van der Waals surface area contributed by atoms with Crippen molar-refractivity contribution in [2.45, 2.75) is 36.4 Å². The first-order chi connectivity index (χ1) is 29.3. The van der Waals surface area contributed by atoms with Gasteiger partial charge in [0.05, 0.1) is 36.5 Å². The lowest BCUT2D eigenvalue weighted by Gasteiger charge is -2.43. The van der Waals surface area contributed by atoms with Crippen molar-refractivity contribution in [2.24, 2.45) is 5.11 Å². The van der Waals surface area contributed by atoms with Crippen molar-refractivity contribution in [2.75, 3.05) is 45.5 Å². The number of hydrogen-bond acceptors (Lipinski definition) is 8. The predicted molar refractivity (Wildman–Crippen MR) is 238 cm³/mol. The molecule has 0 aliphatic carbocycles. The molecule has 0 saturated carbocycles. The quantitative estimate of drug-likeness (QED) is 0.0568. The lowest BCUT2D eigenvalue weighted by molar-refractivity contribution is -0.0160. The van der Waals surface area contributed by atoms with Crippen molar-refractivity contribution < 1.29 is 17.7 Å². The maximum Gasteiger partial charge on any atom is 0.264 e. The molecule has 3 aliphatic rings. The minimum absolute atomic E-state index is 0.106. The van der Waals surface area contributed by atoms with Crippen LogP contribution in [0.2, 0.25) is 0 Å². The summed E-state index contributed by atoms with van der Waals surface area (Å²) in [5.74, 6) is 0. The number of aliphatic hydroxyl groups is 1. The number of azide groups is 1. The topological polar surface area (TPSA) is 122 Å². The standard InChI is InChI=1S/C17H19NO3S.C16H16N4.C16H17NO/c1-22(19,20)21-16-12-18(13-16)17(14-8-4-2-5-9-14)15-10-6-3-7-11-15;17-19-18-15-11-20(12-15)16(13-7-3-1-4-8-13)14-9-5-2-6-10-14;18-15-11-17(12-15)16(13-7-3-1-4-8-13)14-9-5-2-6-10-14/h2-11,16-17H,12-13H2,1H3;1-10,15-16H,11-12H2;1-10,15-16,18H,11-12H2. The average molecular weight is 821 g/mol. The predicted octanol–water partition coefficient (Wildman–Crippen LogP) is 8.66. The summed E-state index contributed by atoms with van der Waals surface area (Å²) in [6, 6.07) is 63.1. The van der Waals surface area contributed by atoms with Crippen molar-refractivity contribution in [1.29, 1.82) is 0 Å². The van der Waals surface area contributed by atoms with Gasteiger partial charge in [-0.1, -0.05) is 187 Å². The molecule has 1 N–H and O–H groups in total. The van der Waals surface area contributed by atoms with E-state index in [-0.39, 0.29) is 36.4 Å². The lowest BCUT2D eigenvalue weighted by atomic mass is 9.93. The molecule has 308 valence electrons. The Hall–Kier alpha value is -5.62. The van der Waals surface area contributed by atoms with Crippen LogP contribution in [0.5, 0.6) is 0 Å². The summed E-state index contributed by atoms with van der Waals surface area (Å²) in [4.78, 5) is 9.80. The Morgan fingerprint density at radius 2 is 0.783 bits per heavy atom. The van der Waals surface area contributed by atoms with Crippen LogP contribution in [0, 0.1) is 0 Å². The molecule has 0 radical (unpaired) electrons. The zero-order chi connectivity index (χ0) is 41.7. The van der Waals surface area contributed by atoms with E-state index >= 15 is 0 Å². The van der Waals surface area contributed by atoms with Crippen LogP contribution in [0.1, 0.15) is 51.5 Å². The molecular weight excluding hydrogens is 769 g/mol. The first-order valence-electron chi connectivity index (χ1n) is 20.4. The molecule has 6 aromatic rings. The Kier molecular flexibility index (Phi) is 14.6. The van der Waals surface area contributed by atoms with E-state index in [1.807, 2.05) is 60.7 Å². The summed E-state index contributed by atoms with van der Waals surface area (Å²) in [5, 5.41) is 13.3. The first-order valence-corrected chi connectivity index (χ1v) is 22.2. The Morgan fingerprint density at radius 1 is 0.517 bits per heavy atom. The first kappa shape index (κ1) is 42.5. The maximum absolute atomic E-state index is 11.2. The summed E-state index contributed by atoms with van der Waals surface area (Å²) < 4.78 is 27.5. The molecule has 6 aromatic carbocycles. The monoisotopic (exact) mass is 820 g/mol. The fourth-order valence-corrected chi connectivity index (χ4v) is 8.80. The van der Waals surface area contributed by atoms with Crippen LogP contribution in [0.3, 0.4) is 0 Å². The molecule has 0 aromatic heterocycles. The molecule has 11 heteroatoms. The van der Waals surface area contributed by atoms with Crippen LogP contribution < -0.4 is 0 Å². The van der Waals surface area contributed by atoms with Gasteiger partial charge in [-0.2, -0.15) is 8.42 Å². The van der Waals surface area contributed by atoms with Gasteiger partial charge in [-0.3, -0.25) is 18.9 Å². The smallest absolute Gasteiger partial charge is 0.264 e. The highest BCUT2D eigenvalue weighted by molar-refractivity contribution is 7.86. The molecule has 0 spiro atoms. The van der Waals surface area contributed by atoms with E-state index in [0.717, 1.165) is 32.4 Å². The van der Waals surface area contributed by atoms with E-state index in [9.17, 15) is 13.5 Å². The Bertz CT molecular complexity index is 2220. The third-order valence-electron chi connectivity index (χ3n) is 11.0. The third kappa shape index (κ3) is 11.3. The molecular formula is C49H52N6O4S. The van der Waals surface area contributed by atoms with E-state index in [0.29, 0.717) is 13.1 Å². The second kappa shape index (κ2) is 20.6. The fraction of sp³-hybridized carbons (Fsp3) is 0.265. The van der Waals surface area contributed by atoms with Crippen molar-refractivity contribution in [3.05, 3.63) is 226 Å². The molecule has 3 saturated heterocycles. The minimum Gasteiger partial charge on any atom is -0.390 e. The van der Waals surface area contributed by atoms with Gasteiger partial charge in [0.25, 0.3) is 10.1 Å². The largest absolute Gasteiger partial charge is 0.390 e. The van der Waals surface area contributed by atoms with Crippen LogP contribution in [-0.2, 0) is 14.3 Å². The fourth-order valence-electron chi connectivity index (χ4n) is 8.19. The van der Waals surface area contributed by atoms with Crippen LogP contribution in [0.4, 0.5) is 0 Å².